The Bertz CT molecular complexity index is 1050. The van der Waals surface area contributed by atoms with E-state index in [1.807, 2.05) is 0 Å². The molecule has 10 heteroatoms. The number of amides is 2. The van der Waals surface area contributed by atoms with Gasteiger partial charge in [-0.25, -0.2) is 0 Å². The van der Waals surface area contributed by atoms with E-state index in [9.17, 15) is 9.59 Å². The molecule has 0 unspecified atom stereocenters. The van der Waals surface area contributed by atoms with E-state index in [-0.39, 0.29) is 17.6 Å². The minimum atomic E-state index is -0.346. The van der Waals surface area contributed by atoms with Crippen LogP contribution in [0.4, 0.5) is 11.4 Å². The first kappa shape index (κ1) is 16.7. The van der Waals surface area contributed by atoms with Crippen LogP contribution in [0.1, 0.15) is 20.2 Å². The van der Waals surface area contributed by atoms with Crippen molar-refractivity contribution in [3.8, 4) is 5.69 Å². The second-order valence-electron chi connectivity index (χ2n) is 5.35. The highest BCUT2D eigenvalue weighted by molar-refractivity contribution is 7.12. The van der Waals surface area contributed by atoms with Crippen LogP contribution >= 0.6 is 11.3 Å². The Morgan fingerprint density at radius 1 is 1.00 bits per heavy atom. The van der Waals surface area contributed by atoms with E-state index in [2.05, 4.69) is 26.2 Å². The number of aromatic nitrogens is 4. The smallest absolute Gasteiger partial charge is 0.291 e. The van der Waals surface area contributed by atoms with Gasteiger partial charge in [-0.1, -0.05) is 0 Å². The molecule has 2 amide bonds. The zero-order valence-electron chi connectivity index (χ0n) is 13.7. The number of nitrogens with one attached hydrogen (secondary N) is 2. The van der Waals surface area contributed by atoms with E-state index in [0.717, 1.165) is 0 Å². The molecule has 134 valence electrons. The molecule has 0 aliphatic carbocycles. The molecule has 0 fully saturated rings. The summed E-state index contributed by atoms with van der Waals surface area (Å²) in [5.41, 5.74) is 1.77. The summed E-state index contributed by atoms with van der Waals surface area (Å²) in [5, 5.41) is 18.3. The lowest BCUT2D eigenvalue weighted by atomic mass is 10.2. The van der Waals surface area contributed by atoms with Gasteiger partial charge in [-0.15, -0.1) is 16.4 Å². The fourth-order valence-corrected chi connectivity index (χ4v) is 3.12. The SMILES string of the molecule is O=C(Nc1ccc(NC(=O)c2sccc2-n2cnnn2)cc1)c1ccco1. The summed E-state index contributed by atoms with van der Waals surface area (Å²) in [6.07, 6.45) is 2.86. The Morgan fingerprint density at radius 3 is 2.37 bits per heavy atom. The van der Waals surface area contributed by atoms with Gasteiger partial charge in [0.25, 0.3) is 11.8 Å². The molecule has 0 aliphatic rings. The Kier molecular flexibility index (Phi) is 4.45. The minimum absolute atomic E-state index is 0.222. The second kappa shape index (κ2) is 7.22. The molecule has 1 aromatic carbocycles. The van der Waals surface area contributed by atoms with Crippen molar-refractivity contribution in [3.05, 3.63) is 71.1 Å². The Morgan fingerprint density at radius 2 is 1.74 bits per heavy atom. The van der Waals surface area contributed by atoms with Crippen LogP contribution in [0.25, 0.3) is 5.69 Å². The number of carbonyl (C=O) groups is 2. The normalized spacial score (nSPS) is 10.5. The monoisotopic (exact) mass is 380 g/mol. The van der Waals surface area contributed by atoms with Gasteiger partial charge in [0.05, 0.1) is 12.0 Å². The number of anilines is 2. The van der Waals surface area contributed by atoms with Crippen LogP contribution in [0.15, 0.2) is 64.9 Å². The number of hydrogen-bond acceptors (Lipinski definition) is 7. The Balaban J connectivity index is 1.44. The second-order valence-corrected chi connectivity index (χ2v) is 6.27. The lowest BCUT2D eigenvalue weighted by molar-refractivity contribution is 0.0994. The molecule has 0 spiro atoms. The molecule has 0 radical (unpaired) electrons. The first-order chi connectivity index (χ1) is 13.2. The number of rotatable bonds is 5. The molecule has 27 heavy (non-hydrogen) atoms. The van der Waals surface area contributed by atoms with Crippen LogP contribution < -0.4 is 10.6 Å². The zero-order chi connectivity index (χ0) is 18.6. The lowest BCUT2D eigenvalue weighted by Gasteiger charge is -2.07. The van der Waals surface area contributed by atoms with E-state index in [0.29, 0.717) is 21.9 Å². The van der Waals surface area contributed by atoms with Crippen molar-refractivity contribution in [3.63, 3.8) is 0 Å². The van der Waals surface area contributed by atoms with Gasteiger partial charge in [-0.05, 0) is 58.3 Å². The molecular weight excluding hydrogens is 368 g/mol. The predicted octanol–water partition coefficient (Wildman–Crippen LogP) is 2.82. The minimum Gasteiger partial charge on any atom is -0.459 e. The molecule has 0 saturated heterocycles. The maximum absolute atomic E-state index is 12.5. The van der Waals surface area contributed by atoms with Crippen LogP contribution in [-0.2, 0) is 0 Å². The molecule has 3 aromatic heterocycles. The quantitative estimate of drug-likeness (QED) is 0.550. The third kappa shape index (κ3) is 3.60. The Hall–Kier alpha value is -3.79. The summed E-state index contributed by atoms with van der Waals surface area (Å²) < 4.78 is 6.47. The topological polar surface area (TPSA) is 115 Å². The third-order valence-electron chi connectivity index (χ3n) is 3.59. The standard InChI is InChI=1S/C17H12N6O3S/c24-16(14-2-1-8-26-14)19-11-3-5-12(6-4-11)20-17(25)15-13(7-9-27-15)23-10-18-21-22-23/h1-10H,(H,19,24)(H,20,25). The number of nitrogens with zero attached hydrogens (tertiary/aromatic N) is 4. The Labute approximate surface area is 156 Å². The summed E-state index contributed by atoms with van der Waals surface area (Å²) in [6.45, 7) is 0. The van der Waals surface area contributed by atoms with Crippen LogP contribution in [-0.4, -0.2) is 32.0 Å². The van der Waals surface area contributed by atoms with Crippen LogP contribution in [0.3, 0.4) is 0 Å². The van der Waals surface area contributed by atoms with Gasteiger partial charge in [-0.3, -0.25) is 9.59 Å². The molecule has 4 aromatic rings. The van der Waals surface area contributed by atoms with Crippen molar-refractivity contribution < 1.29 is 14.0 Å². The highest BCUT2D eigenvalue weighted by atomic mass is 32.1. The van der Waals surface area contributed by atoms with E-state index >= 15 is 0 Å². The van der Waals surface area contributed by atoms with Gasteiger partial charge in [0.2, 0.25) is 0 Å². The molecule has 4 rings (SSSR count). The number of furan rings is 1. The average Bonchev–Trinajstić information content (AvgIpc) is 3.43. The maximum Gasteiger partial charge on any atom is 0.291 e. The van der Waals surface area contributed by atoms with Crippen molar-refractivity contribution in [1.29, 1.82) is 0 Å². The predicted molar refractivity (Wildman–Crippen MR) is 98.1 cm³/mol. The molecule has 3 heterocycles. The third-order valence-corrected chi connectivity index (χ3v) is 4.49. The van der Waals surface area contributed by atoms with Gasteiger partial charge in [-0.2, -0.15) is 4.68 Å². The van der Waals surface area contributed by atoms with Gasteiger partial charge in [0.1, 0.15) is 11.2 Å². The molecule has 9 nitrogen and oxygen atoms in total. The first-order valence-corrected chi connectivity index (χ1v) is 8.66. The maximum atomic E-state index is 12.5. The largest absolute Gasteiger partial charge is 0.459 e. The van der Waals surface area contributed by atoms with Crippen molar-refractivity contribution >= 4 is 34.5 Å². The fourth-order valence-electron chi connectivity index (χ4n) is 2.35. The van der Waals surface area contributed by atoms with Crippen LogP contribution in [0.2, 0.25) is 0 Å². The number of thiophene rings is 1. The fraction of sp³-hybridized carbons (Fsp3) is 0. The summed E-state index contributed by atoms with van der Waals surface area (Å²) in [4.78, 5) is 25.0. The summed E-state index contributed by atoms with van der Waals surface area (Å²) in [7, 11) is 0. The first-order valence-electron chi connectivity index (χ1n) is 7.78. The molecular formula is C17H12N6O3S. The van der Waals surface area contributed by atoms with Crippen molar-refractivity contribution in [2.24, 2.45) is 0 Å². The summed E-state index contributed by atoms with van der Waals surface area (Å²) in [6, 6.07) is 11.7. The number of benzene rings is 1. The van der Waals surface area contributed by atoms with Gasteiger partial charge in [0.15, 0.2) is 5.76 Å². The lowest BCUT2D eigenvalue weighted by Crippen LogP contribution is -2.13. The zero-order valence-corrected chi connectivity index (χ0v) is 14.5. The van der Waals surface area contributed by atoms with E-state index in [1.54, 1.807) is 47.8 Å². The van der Waals surface area contributed by atoms with Crippen molar-refractivity contribution in [1.82, 2.24) is 20.2 Å². The summed E-state index contributed by atoms with van der Waals surface area (Å²) >= 11 is 1.29. The molecule has 0 aliphatic heterocycles. The van der Waals surface area contributed by atoms with E-state index < -0.39 is 0 Å². The van der Waals surface area contributed by atoms with E-state index in [1.165, 1.54) is 28.6 Å². The van der Waals surface area contributed by atoms with Crippen LogP contribution in [0.5, 0.6) is 0 Å². The van der Waals surface area contributed by atoms with Gasteiger partial charge < -0.3 is 15.1 Å². The highest BCUT2D eigenvalue weighted by Gasteiger charge is 2.16. The van der Waals surface area contributed by atoms with Crippen molar-refractivity contribution in [2.75, 3.05) is 10.6 Å². The summed E-state index contributed by atoms with van der Waals surface area (Å²) in [5.74, 6) is -0.399. The van der Waals surface area contributed by atoms with E-state index in [4.69, 9.17) is 4.42 Å². The highest BCUT2D eigenvalue weighted by Crippen LogP contribution is 2.22. The molecule has 2 N–H and O–H groups in total. The molecule has 0 bridgehead atoms. The number of hydrogen-bond donors (Lipinski definition) is 2. The van der Waals surface area contributed by atoms with Crippen LogP contribution in [0, 0.1) is 0 Å². The molecule has 0 saturated carbocycles. The average molecular weight is 380 g/mol. The van der Waals surface area contributed by atoms with Crippen molar-refractivity contribution in [2.45, 2.75) is 0 Å². The molecule has 0 atom stereocenters. The number of carbonyl (C=O) groups excluding carboxylic acids is 2. The van der Waals surface area contributed by atoms with Gasteiger partial charge in [0, 0.05) is 11.4 Å². The van der Waals surface area contributed by atoms with Gasteiger partial charge >= 0.3 is 0 Å². The number of tetrazole rings is 1.